The van der Waals surface area contributed by atoms with Gasteiger partial charge >= 0.3 is 0 Å². The van der Waals surface area contributed by atoms with Crippen molar-refractivity contribution in [2.24, 2.45) is 5.92 Å². The van der Waals surface area contributed by atoms with E-state index in [0.29, 0.717) is 0 Å². The molecule has 36 heavy (non-hydrogen) atoms. The Hall–Kier alpha value is -0.251. The van der Waals surface area contributed by atoms with Gasteiger partial charge in [-0.25, -0.2) is 0 Å². The van der Waals surface area contributed by atoms with Crippen LogP contribution in [-0.4, -0.2) is 47.1 Å². The minimum atomic E-state index is -2.44. The van der Waals surface area contributed by atoms with Crippen LogP contribution in [0.2, 0.25) is 90.7 Å². The zero-order chi connectivity index (χ0) is 27.3. The van der Waals surface area contributed by atoms with Gasteiger partial charge in [0.15, 0.2) is 6.71 Å². The molecule has 0 N–H and O–H groups in total. The summed E-state index contributed by atoms with van der Waals surface area (Å²) in [6.07, 6.45) is 9.87. The molecule has 198 valence electrons. The van der Waals surface area contributed by atoms with Crippen molar-refractivity contribution in [1.29, 1.82) is 0 Å². The summed E-state index contributed by atoms with van der Waals surface area (Å²) in [6, 6.07) is 0. The summed E-state index contributed by atoms with van der Waals surface area (Å²) in [7, 11) is -8.87. The predicted octanol–water partition coefficient (Wildman–Crippen LogP) is 9.12. The molecule has 4 rings (SSSR count). The van der Waals surface area contributed by atoms with Gasteiger partial charge in [-0.15, -0.1) is 22.2 Å². The molecular formula is C30H55BSi5. The molecule has 2 bridgehead atoms. The number of rotatable bonds is 3. The molecule has 1 aliphatic carbocycles. The molecule has 2 saturated heterocycles. The molecule has 3 aliphatic heterocycles. The molecule has 3 fully saturated rings. The SMILES string of the molecule is CCB1C2=C([Si](C)(C)C)[Si](C#C[Si](C)(C)C)(C#C[Si](C)(C)C)C([Si](C)(C)C)=C2C2CCCC1CCC2. The summed E-state index contributed by atoms with van der Waals surface area (Å²) in [5.41, 5.74) is 20.4. The highest BCUT2D eigenvalue weighted by Crippen LogP contribution is 2.55. The number of fused-ring (bicyclic) bond motifs is 4. The van der Waals surface area contributed by atoms with E-state index < -0.39 is 40.4 Å². The molecule has 1 saturated carbocycles. The highest BCUT2D eigenvalue weighted by molar-refractivity contribution is 7.26. The first kappa shape index (κ1) is 30.3. The lowest BCUT2D eigenvalue weighted by molar-refractivity contribution is 0.413. The first-order chi connectivity index (χ1) is 16.3. The Morgan fingerprint density at radius 3 is 1.50 bits per heavy atom. The summed E-state index contributed by atoms with van der Waals surface area (Å²) < 4.78 is 0. The van der Waals surface area contributed by atoms with E-state index in [-0.39, 0.29) is 0 Å². The fourth-order valence-electron chi connectivity index (χ4n) is 7.39. The van der Waals surface area contributed by atoms with E-state index >= 15 is 0 Å². The highest BCUT2D eigenvalue weighted by Gasteiger charge is 2.58. The summed E-state index contributed by atoms with van der Waals surface area (Å²) in [5, 5.41) is 0. The molecule has 0 aromatic heterocycles. The second kappa shape index (κ2) is 10.4. The van der Waals surface area contributed by atoms with Crippen LogP contribution in [0, 0.1) is 28.1 Å². The first-order valence-electron chi connectivity index (χ1n) is 14.9. The molecule has 0 nitrogen and oxygen atoms in total. The van der Waals surface area contributed by atoms with Crippen molar-refractivity contribution in [2.45, 2.75) is 136 Å². The molecule has 6 heteroatoms. The minimum Gasteiger partial charge on any atom is -0.137 e. The Kier molecular flexibility index (Phi) is 8.73. The molecule has 0 spiro atoms. The Bertz CT molecular complexity index is 1010. The van der Waals surface area contributed by atoms with Crippen LogP contribution in [0.1, 0.15) is 45.4 Å². The minimum absolute atomic E-state index is 0.743. The lowest BCUT2D eigenvalue weighted by Gasteiger charge is -2.39. The Morgan fingerprint density at radius 2 is 1.14 bits per heavy atom. The largest absolute Gasteiger partial charge is 0.258 e. The molecular weight excluding hydrogens is 512 g/mol. The van der Waals surface area contributed by atoms with E-state index in [9.17, 15) is 0 Å². The molecule has 4 aliphatic rings. The second-order valence-electron chi connectivity index (χ2n) is 16.2. The molecule has 0 aromatic rings. The third-order valence-electron chi connectivity index (χ3n) is 8.37. The van der Waals surface area contributed by atoms with Crippen molar-refractivity contribution in [3.8, 4) is 22.2 Å². The van der Waals surface area contributed by atoms with Gasteiger partial charge in [-0.05, 0) is 18.8 Å². The van der Waals surface area contributed by atoms with Gasteiger partial charge in [-0.2, -0.15) is 0 Å². The van der Waals surface area contributed by atoms with Crippen LogP contribution < -0.4 is 0 Å². The Labute approximate surface area is 231 Å². The molecule has 0 unspecified atom stereocenters. The topological polar surface area (TPSA) is 0 Å². The summed E-state index contributed by atoms with van der Waals surface area (Å²) in [5.74, 6) is 1.63. The van der Waals surface area contributed by atoms with Gasteiger partial charge in [0.05, 0.1) is 16.1 Å². The molecule has 0 amide bonds. The average molecular weight is 567 g/mol. The maximum absolute atomic E-state index is 4.30. The normalized spacial score (nSPS) is 24.9. The van der Waals surface area contributed by atoms with Crippen molar-refractivity contribution >= 4 is 47.1 Å². The molecule has 0 radical (unpaired) electrons. The van der Waals surface area contributed by atoms with E-state index in [1.807, 2.05) is 20.7 Å². The van der Waals surface area contributed by atoms with Gasteiger partial charge in [0.2, 0.25) is 0 Å². The smallest absolute Gasteiger partial charge is 0.137 e. The van der Waals surface area contributed by atoms with E-state index in [1.54, 1.807) is 0 Å². The lowest BCUT2D eigenvalue weighted by Crippen LogP contribution is -2.52. The Balaban J connectivity index is 2.63. The maximum atomic E-state index is 4.30. The summed E-state index contributed by atoms with van der Waals surface area (Å²) in [6.45, 7) is 33.8. The van der Waals surface area contributed by atoms with Gasteiger partial charge in [0.25, 0.3) is 8.07 Å². The van der Waals surface area contributed by atoms with Crippen LogP contribution in [0.15, 0.2) is 20.7 Å². The maximum Gasteiger partial charge on any atom is 0.258 e. The van der Waals surface area contributed by atoms with E-state index in [4.69, 9.17) is 0 Å². The average Bonchev–Trinajstić information content (AvgIpc) is 2.95. The van der Waals surface area contributed by atoms with E-state index in [2.05, 4.69) is 108 Å². The van der Waals surface area contributed by atoms with Crippen molar-refractivity contribution in [1.82, 2.24) is 0 Å². The van der Waals surface area contributed by atoms with Crippen LogP contribution in [0.3, 0.4) is 0 Å². The van der Waals surface area contributed by atoms with Crippen molar-refractivity contribution in [2.75, 3.05) is 0 Å². The first-order valence-corrected chi connectivity index (χ1v) is 30.9. The van der Waals surface area contributed by atoms with Gasteiger partial charge in [0, 0.05) is 0 Å². The zero-order valence-corrected chi connectivity index (χ0v) is 31.2. The van der Waals surface area contributed by atoms with Crippen LogP contribution in [0.25, 0.3) is 0 Å². The van der Waals surface area contributed by atoms with E-state index in [1.165, 1.54) is 44.8 Å². The van der Waals surface area contributed by atoms with Gasteiger partial charge in [0.1, 0.15) is 16.1 Å². The van der Waals surface area contributed by atoms with Crippen LogP contribution >= 0.6 is 0 Å². The zero-order valence-electron chi connectivity index (χ0n) is 26.2. The Morgan fingerprint density at radius 1 is 0.694 bits per heavy atom. The quantitative estimate of drug-likeness (QED) is 0.236. The fraction of sp³-hybridized carbons (Fsp3) is 0.733. The monoisotopic (exact) mass is 566 g/mol. The second-order valence-corrected chi connectivity index (χ2v) is 39.7. The number of hydrogen-bond acceptors (Lipinski definition) is 0. The van der Waals surface area contributed by atoms with Gasteiger partial charge in [-0.3, -0.25) is 0 Å². The standard InChI is InChI=1S/C30H55BSi5/c1-14-31-26-19-15-17-25(18-16-20-26)27-28(31)30(35(11,12)13)36(23-21-32(2,3)4,24-22-33(5,6)7)29(27)34(8,9)10/h25-26H,14-20H2,1-13H3. The molecule has 0 aromatic carbocycles. The third kappa shape index (κ3) is 6.31. The number of allylic oxidation sites excluding steroid dienone is 2. The van der Waals surface area contributed by atoms with Gasteiger partial charge in [-0.1, -0.05) is 144 Å². The summed E-state index contributed by atoms with van der Waals surface area (Å²) in [4.78, 5) is 3.81. The number of hydrogen-bond donors (Lipinski definition) is 0. The van der Waals surface area contributed by atoms with Crippen LogP contribution in [-0.2, 0) is 0 Å². The van der Waals surface area contributed by atoms with Crippen LogP contribution in [0.4, 0.5) is 0 Å². The van der Waals surface area contributed by atoms with Crippen molar-refractivity contribution < 1.29 is 0 Å². The highest BCUT2D eigenvalue weighted by atomic mass is 28.4. The summed E-state index contributed by atoms with van der Waals surface area (Å²) >= 11 is 0. The lowest BCUT2D eigenvalue weighted by atomic mass is 9.31. The molecule has 3 heterocycles. The third-order valence-corrected chi connectivity index (χ3v) is 23.9. The van der Waals surface area contributed by atoms with Crippen molar-refractivity contribution in [3.05, 3.63) is 20.7 Å². The van der Waals surface area contributed by atoms with Gasteiger partial charge < -0.3 is 0 Å². The van der Waals surface area contributed by atoms with Crippen molar-refractivity contribution in [3.63, 3.8) is 0 Å². The predicted molar refractivity (Wildman–Crippen MR) is 180 cm³/mol. The van der Waals surface area contributed by atoms with Crippen LogP contribution in [0.5, 0.6) is 0 Å². The fourth-order valence-corrected chi connectivity index (χ4v) is 27.3. The van der Waals surface area contributed by atoms with E-state index in [0.717, 1.165) is 18.4 Å². The molecule has 0 atom stereocenters.